The topological polar surface area (TPSA) is 85.9 Å². The van der Waals surface area contributed by atoms with Gasteiger partial charge in [-0.05, 0) is 36.8 Å². The molecule has 0 aliphatic heterocycles. The molecule has 0 aliphatic carbocycles. The molecule has 27 heavy (non-hydrogen) atoms. The molecule has 0 aliphatic rings. The molecule has 2 aromatic rings. The molecule has 0 aromatic heterocycles. The lowest BCUT2D eigenvalue weighted by Crippen LogP contribution is -2.28. The molecular formula is C20H24N2O5. The summed E-state index contributed by atoms with van der Waals surface area (Å²) < 4.78 is 15.5. The van der Waals surface area contributed by atoms with Crippen LogP contribution in [-0.2, 0) is 16.1 Å². The number of hydrogen-bond acceptors (Lipinski definition) is 6. The predicted octanol–water partition coefficient (Wildman–Crippen LogP) is 2.61. The summed E-state index contributed by atoms with van der Waals surface area (Å²) in [5.74, 6) is 0.554. The number of ether oxygens (including phenoxy) is 3. The molecule has 2 aromatic carbocycles. The smallest absolute Gasteiger partial charge is 0.340 e. The van der Waals surface area contributed by atoms with Gasteiger partial charge in [0.25, 0.3) is 0 Å². The van der Waals surface area contributed by atoms with Crippen LogP contribution in [0.5, 0.6) is 11.5 Å². The minimum Gasteiger partial charge on any atom is -0.493 e. The summed E-state index contributed by atoms with van der Waals surface area (Å²) in [7, 11) is 3.15. The van der Waals surface area contributed by atoms with Crippen LogP contribution in [0.25, 0.3) is 0 Å². The van der Waals surface area contributed by atoms with Gasteiger partial charge < -0.3 is 24.8 Å². The number of anilines is 1. The predicted molar refractivity (Wildman–Crippen MR) is 102 cm³/mol. The molecule has 7 heteroatoms. The van der Waals surface area contributed by atoms with Gasteiger partial charge in [-0.15, -0.1) is 0 Å². The molecule has 0 atom stereocenters. The summed E-state index contributed by atoms with van der Waals surface area (Å²) in [6, 6.07) is 12.3. The highest BCUT2D eigenvalue weighted by molar-refractivity contribution is 6.01. The number of carbonyl (C=O) groups is 2. The Hall–Kier alpha value is -3.06. The van der Waals surface area contributed by atoms with Crippen molar-refractivity contribution in [3.63, 3.8) is 0 Å². The lowest BCUT2D eigenvalue weighted by molar-refractivity contribution is -0.115. The molecule has 0 unspecified atom stereocenters. The number of methoxy groups -OCH3 is 2. The van der Waals surface area contributed by atoms with Gasteiger partial charge in [-0.2, -0.15) is 0 Å². The molecule has 1 amide bonds. The minimum atomic E-state index is -0.466. The third-order valence-corrected chi connectivity index (χ3v) is 3.76. The van der Waals surface area contributed by atoms with E-state index in [0.29, 0.717) is 29.3 Å². The van der Waals surface area contributed by atoms with Gasteiger partial charge in [0, 0.05) is 6.54 Å². The first-order valence-corrected chi connectivity index (χ1v) is 8.56. The van der Waals surface area contributed by atoms with Gasteiger partial charge in [-0.3, -0.25) is 4.79 Å². The second-order valence-electron chi connectivity index (χ2n) is 5.61. The third kappa shape index (κ3) is 5.72. The molecule has 0 radical (unpaired) electrons. The van der Waals surface area contributed by atoms with Crippen molar-refractivity contribution in [2.75, 3.05) is 32.7 Å². The highest BCUT2D eigenvalue weighted by Gasteiger charge is 2.13. The molecule has 0 spiro atoms. The van der Waals surface area contributed by atoms with Crippen molar-refractivity contribution in [3.05, 3.63) is 53.6 Å². The van der Waals surface area contributed by atoms with Crippen LogP contribution in [0.4, 0.5) is 5.69 Å². The van der Waals surface area contributed by atoms with Crippen LogP contribution in [-0.4, -0.2) is 39.2 Å². The van der Waals surface area contributed by atoms with Crippen molar-refractivity contribution in [2.24, 2.45) is 0 Å². The number of benzene rings is 2. The van der Waals surface area contributed by atoms with E-state index in [1.165, 1.54) is 0 Å². The Labute approximate surface area is 158 Å². The van der Waals surface area contributed by atoms with Gasteiger partial charge >= 0.3 is 5.97 Å². The Morgan fingerprint density at radius 1 is 1.00 bits per heavy atom. The lowest BCUT2D eigenvalue weighted by Gasteiger charge is -2.12. The Morgan fingerprint density at radius 3 is 2.44 bits per heavy atom. The molecule has 0 fully saturated rings. The zero-order valence-corrected chi connectivity index (χ0v) is 15.7. The number of nitrogens with one attached hydrogen (secondary N) is 2. The van der Waals surface area contributed by atoms with Crippen LogP contribution in [0.3, 0.4) is 0 Å². The number of hydrogen-bond donors (Lipinski definition) is 2. The first-order chi connectivity index (χ1) is 13.1. The molecule has 0 bridgehead atoms. The van der Waals surface area contributed by atoms with E-state index >= 15 is 0 Å². The van der Waals surface area contributed by atoms with E-state index < -0.39 is 5.97 Å². The van der Waals surface area contributed by atoms with Crippen molar-refractivity contribution in [2.45, 2.75) is 13.5 Å². The van der Waals surface area contributed by atoms with Crippen LogP contribution in [0.1, 0.15) is 22.8 Å². The molecule has 2 rings (SSSR count). The Kier molecular flexibility index (Phi) is 7.63. The summed E-state index contributed by atoms with van der Waals surface area (Å²) in [4.78, 5) is 24.1. The number of para-hydroxylation sites is 1. The largest absolute Gasteiger partial charge is 0.493 e. The van der Waals surface area contributed by atoms with E-state index in [9.17, 15) is 9.59 Å². The van der Waals surface area contributed by atoms with E-state index in [1.807, 2.05) is 18.2 Å². The van der Waals surface area contributed by atoms with Gasteiger partial charge in [-0.25, -0.2) is 4.79 Å². The zero-order chi connectivity index (χ0) is 19.6. The van der Waals surface area contributed by atoms with Crippen molar-refractivity contribution < 1.29 is 23.8 Å². The highest BCUT2D eigenvalue weighted by Crippen LogP contribution is 2.27. The molecule has 0 saturated carbocycles. The number of amides is 1. The zero-order valence-electron chi connectivity index (χ0n) is 15.7. The number of esters is 1. The monoisotopic (exact) mass is 372 g/mol. The normalized spacial score (nSPS) is 10.2. The van der Waals surface area contributed by atoms with Crippen LogP contribution >= 0.6 is 0 Å². The first-order valence-electron chi connectivity index (χ1n) is 8.56. The van der Waals surface area contributed by atoms with E-state index in [2.05, 4.69) is 10.6 Å². The van der Waals surface area contributed by atoms with Gasteiger partial charge in [0.2, 0.25) is 5.91 Å². The Bertz CT molecular complexity index is 792. The lowest BCUT2D eigenvalue weighted by atomic mass is 10.1. The number of rotatable bonds is 9. The van der Waals surface area contributed by atoms with Gasteiger partial charge in [0.1, 0.15) is 0 Å². The molecule has 0 saturated heterocycles. The van der Waals surface area contributed by atoms with Crippen molar-refractivity contribution in [1.82, 2.24) is 5.32 Å². The second kappa shape index (κ2) is 10.2. The fourth-order valence-electron chi connectivity index (χ4n) is 2.48. The molecule has 0 heterocycles. The average molecular weight is 372 g/mol. The molecule has 144 valence electrons. The van der Waals surface area contributed by atoms with E-state index in [4.69, 9.17) is 14.2 Å². The van der Waals surface area contributed by atoms with Crippen LogP contribution in [0.15, 0.2) is 42.5 Å². The Balaban J connectivity index is 1.91. The summed E-state index contributed by atoms with van der Waals surface area (Å²) in [5.41, 5.74) is 1.70. The third-order valence-electron chi connectivity index (χ3n) is 3.76. The molecule has 2 N–H and O–H groups in total. The summed E-state index contributed by atoms with van der Waals surface area (Å²) >= 11 is 0. The minimum absolute atomic E-state index is 0.0888. The maximum absolute atomic E-state index is 12.2. The van der Waals surface area contributed by atoms with Crippen molar-refractivity contribution >= 4 is 17.6 Å². The molecular weight excluding hydrogens is 348 g/mol. The van der Waals surface area contributed by atoms with Crippen LogP contribution in [0, 0.1) is 0 Å². The molecule has 7 nitrogen and oxygen atoms in total. The standard InChI is InChI=1S/C20H24N2O5/c1-4-27-20(24)15-7-5-6-8-16(15)22-19(23)13-21-12-14-9-10-17(25-2)18(11-14)26-3/h5-11,21H,4,12-13H2,1-3H3,(H,22,23). The summed E-state index contributed by atoms with van der Waals surface area (Å²) in [5, 5.41) is 5.79. The second-order valence-corrected chi connectivity index (χ2v) is 5.61. The quantitative estimate of drug-likeness (QED) is 0.658. The SMILES string of the molecule is CCOC(=O)c1ccccc1NC(=O)CNCc1ccc(OC)c(OC)c1. The van der Waals surface area contributed by atoms with E-state index in [-0.39, 0.29) is 19.1 Å². The van der Waals surface area contributed by atoms with Gasteiger partial charge in [0.15, 0.2) is 11.5 Å². The van der Waals surface area contributed by atoms with Crippen LogP contribution < -0.4 is 20.1 Å². The van der Waals surface area contributed by atoms with E-state index in [1.54, 1.807) is 45.4 Å². The number of carbonyl (C=O) groups excluding carboxylic acids is 2. The summed E-state index contributed by atoms with van der Waals surface area (Å²) in [6.45, 7) is 2.57. The Morgan fingerprint density at radius 2 is 1.74 bits per heavy atom. The highest BCUT2D eigenvalue weighted by atomic mass is 16.5. The van der Waals surface area contributed by atoms with Crippen molar-refractivity contribution in [1.29, 1.82) is 0 Å². The summed E-state index contributed by atoms with van der Waals surface area (Å²) in [6.07, 6.45) is 0. The van der Waals surface area contributed by atoms with Crippen LogP contribution in [0.2, 0.25) is 0 Å². The average Bonchev–Trinajstić information content (AvgIpc) is 2.68. The fourth-order valence-corrected chi connectivity index (χ4v) is 2.48. The van der Waals surface area contributed by atoms with Crippen molar-refractivity contribution in [3.8, 4) is 11.5 Å². The van der Waals surface area contributed by atoms with E-state index in [0.717, 1.165) is 5.56 Å². The maximum Gasteiger partial charge on any atom is 0.340 e. The fraction of sp³-hybridized carbons (Fsp3) is 0.300. The first kappa shape index (κ1) is 20.3. The van der Waals surface area contributed by atoms with Gasteiger partial charge in [0.05, 0.1) is 38.6 Å². The van der Waals surface area contributed by atoms with Gasteiger partial charge in [-0.1, -0.05) is 18.2 Å². The maximum atomic E-state index is 12.2.